The van der Waals surface area contributed by atoms with Crippen molar-refractivity contribution < 1.29 is 9.22 Å². The van der Waals surface area contributed by atoms with Crippen LogP contribution in [-0.4, -0.2) is 19.6 Å². The van der Waals surface area contributed by atoms with Gasteiger partial charge in [0.15, 0.2) is 0 Å². The lowest BCUT2D eigenvalue weighted by Gasteiger charge is -2.18. The molecule has 59 heavy (non-hydrogen) atoms. The van der Waals surface area contributed by atoms with Crippen LogP contribution in [0.2, 0.25) is 0 Å². The van der Waals surface area contributed by atoms with Crippen LogP contribution in [0.5, 0.6) is 5.75 Å². The lowest BCUT2D eigenvalue weighted by Crippen LogP contribution is -2.02. The van der Waals surface area contributed by atoms with Gasteiger partial charge in [0.2, 0.25) is 0 Å². The molecule has 0 atom stereocenters. The van der Waals surface area contributed by atoms with Gasteiger partial charge < -0.3 is 5.11 Å². The Balaban J connectivity index is 1.34. The van der Waals surface area contributed by atoms with Gasteiger partial charge in [0.25, 0.3) is 0 Å². The van der Waals surface area contributed by atoms with E-state index in [0.717, 1.165) is 72.4 Å². The van der Waals surface area contributed by atoms with Crippen LogP contribution in [0.15, 0.2) is 176 Å². The molecule has 7 aromatic carbocycles. The molecule has 0 radical (unpaired) electrons. The molecule has 9 rings (SSSR count). The van der Waals surface area contributed by atoms with Crippen LogP contribution in [-0.2, 0) is 0 Å². The van der Waals surface area contributed by atoms with E-state index in [1.54, 1.807) is 12.1 Å². The Labute approximate surface area is 351 Å². The molecule has 1 N–H and O–H groups in total. The maximum atomic E-state index is 12.2. The normalized spacial score (nSPS) is 12.5. The molecule has 0 spiro atoms. The third-order valence-electron chi connectivity index (χ3n) is 11.2. The fourth-order valence-corrected chi connectivity index (χ4v) is 8.06. The number of nitrogens with zero attached hydrogens (tertiary/aromatic N) is 3. The highest BCUT2D eigenvalue weighted by Gasteiger charge is 2.24. The van der Waals surface area contributed by atoms with Crippen LogP contribution in [0, 0.1) is 6.85 Å². The van der Waals surface area contributed by atoms with Crippen molar-refractivity contribution in [2.75, 3.05) is 0 Å². The summed E-state index contributed by atoms with van der Waals surface area (Å²) in [7, 11) is 0. The van der Waals surface area contributed by atoms with Gasteiger partial charge in [0.05, 0.1) is 22.3 Å². The largest absolute Gasteiger partial charge is 0.507 e. The van der Waals surface area contributed by atoms with Crippen molar-refractivity contribution in [2.24, 2.45) is 0 Å². The van der Waals surface area contributed by atoms with Crippen molar-refractivity contribution in [3.05, 3.63) is 193 Å². The second kappa shape index (κ2) is 15.7. The lowest BCUT2D eigenvalue weighted by molar-refractivity contribution is 0.466. The number of hydrogen-bond acceptors (Lipinski definition) is 3. The van der Waals surface area contributed by atoms with Gasteiger partial charge in [0, 0.05) is 27.1 Å². The zero-order valence-corrected chi connectivity index (χ0v) is 33.7. The number of fused-ring (bicyclic) bond motifs is 1. The van der Waals surface area contributed by atoms with Gasteiger partial charge in [-0.25, -0.2) is 4.98 Å². The standard InChI is InChI=1S/C55H47N3O/c1-35(2)42-32-49(36(3)4)54(59)50(33-42)55-57-53-48(22-15-23-52(53)58(55)47-27-37(5)26-43(31-47)39-18-11-7-12-19-39)45-28-44(40-20-13-8-14-21-40)29-46(30-45)51-34-41(24-25-56-51)38-16-9-6-10-17-38/h6-36,59H,1-5H3/i5D3. The number of imidazole rings is 1. The third kappa shape index (κ3) is 7.35. The molecule has 0 aliphatic rings. The number of hydrogen-bond donors (Lipinski definition) is 1. The topological polar surface area (TPSA) is 50.9 Å². The number of para-hydroxylation sites is 1. The lowest BCUT2D eigenvalue weighted by atomic mass is 9.91. The van der Waals surface area contributed by atoms with Crippen LogP contribution >= 0.6 is 0 Å². The minimum absolute atomic E-state index is 0.0394. The average Bonchev–Trinajstić information content (AvgIpc) is 3.69. The summed E-state index contributed by atoms with van der Waals surface area (Å²) in [5, 5.41) is 12.2. The number of aromatic hydroxyl groups is 1. The monoisotopic (exact) mass is 768 g/mol. The van der Waals surface area contributed by atoms with Gasteiger partial charge in [0.1, 0.15) is 11.6 Å². The number of aryl methyl sites for hydroxylation is 1. The Kier molecular flexibility index (Phi) is 9.07. The van der Waals surface area contributed by atoms with Crippen molar-refractivity contribution in [1.29, 1.82) is 0 Å². The maximum Gasteiger partial charge on any atom is 0.149 e. The van der Waals surface area contributed by atoms with Crippen molar-refractivity contribution in [3.63, 3.8) is 0 Å². The minimum Gasteiger partial charge on any atom is -0.507 e. The number of aromatic nitrogens is 3. The van der Waals surface area contributed by atoms with Crippen LogP contribution < -0.4 is 0 Å². The van der Waals surface area contributed by atoms with E-state index in [0.29, 0.717) is 22.6 Å². The van der Waals surface area contributed by atoms with E-state index in [4.69, 9.17) is 14.1 Å². The van der Waals surface area contributed by atoms with Gasteiger partial charge >= 0.3 is 0 Å². The summed E-state index contributed by atoms with van der Waals surface area (Å²) in [6.07, 6.45) is 1.86. The van der Waals surface area contributed by atoms with E-state index in [9.17, 15) is 5.11 Å². The SMILES string of the molecule is [2H]C([2H])([2H])c1cc(-c2ccccc2)cc(-n2c(-c3cc(C(C)C)cc(C(C)C)c3O)nc3c(-c4cc(-c5ccccc5)cc(-c5cc(-c6ccccc6)ccn5)c4)cccc32)c1. The minimum atomic E-state index is -2.38. The molecular weight excluding hydrogens is 719 g/mol. The molecule has 0 aliphatic heterocycles. The molecule has 4 nitrogen and oxygen atoms in total. The van der Waals surface area contributed by atoms with Crippen LogP contribution in [0.25, 0.3) is 83.9 Å². The first-order chi connectivity index (χ1) is 29.9. The highest BCUT2D eigenvalue weighted by molar-refractivity contribution is 5.98. The summed E-state index contributed by atoms with van der Waals surface area (Å²) in [5.74, 6) is 0.901. The smallest absolute Gasteiger partial charge is 0.149 e. The molecular formula is C55H47N3O. The fraction of sp³-hybridized carbons (Fsp3) is 0.127. The van der Waals surface area contributed by atoms with E-state index in [-0.39, 0.29) is 23.1 Å². The molecule has 4 heteroatoms. The second-order valence-corrected chi connectivity index (χ2v) is 15.9. The third-order valence-corrected chi connectivity index (χ3v) is 11.2. The maximum absolute atomic E-state index is 12.2. The predicted molar refractivity (Wildman–Crippen MR) is 246 cm³/mol. The summed E-state index contributed by atoms with van der Waals surface area (Å²) in [6, 6.07) is 57.0. The summed E-state index contributed by atoms with van der Waals surface area (Å²) < 4.78 is 27.7. The second-order valence-electron chi connectivity index (χ2n) is 15.9. The Morgan fingerprint density at radius 1 is 0.525 bits per heavy atom. The van der Waals surface area contributed by atoms with Gasteiger partial charge in [-0.05, 0) is 129 Å². The van der Waals surface area contributed by atoms with E-state index in [2.05, 4.69) is 88.4 Å². The zero-order valence-electron chi connectivity index (χ0n) is 36.7. The molecule has 0 fully saturated rings. The van der Waals surface area contributed by atoms with Crippen LogP contribution in [0.4, 0.5) is 0 Å². The van der Waals surface area contributed by atoms with Crippen molar-refractivity contribution in [2.45, 2.75) is 46.4 Å². The summed E-state index contributed by atoms with van der Waals surface area (Å²) >= 11 is 0. The van der Waals surface area contributed by atoms with E-state index < -0.39 is 6.85 Å². The van der Waals surface area contributed by atoms with E-state index in [1.807, 2.05) is 108 Å². The first-order valence-electron chi connectivity index (χ1n) is 21.8. The molecule has 0 saturated heterocycles. The molecule has 9 aromatic rings. The number of pyridine rings is 1. The zero-order chi connectivity index (χ0) is 43.1. The number of benzene rings is 7. The molecule has 288 valence electrons. The molecule has 0 bridgehead atoms. The van der Waals surface area contributed by atoms with Crippen molar-refractivity contribution in [3.8, 4) is 78.6 Å². The number of phenolic OH excluding ortho intramolecular Hbond substituents is 1. The fourth-order valence-electron chi connectivity index (χ4n) is 8.06. The van der Waals surface area contributed by atoms with E-state index in [1.165, 1.54) is 0 Å². The molecule has 0 aliphatic carbocycles. The van der Waals surface area contributed by atoms with Crippen molar-refractivity contribution >= 4 is 11.0 Å². The van der Waals surface area contributed by atoms with E-state index >= 15 is 0 Å². The van der Waals surface area contributed by atoms with Crippen LogP contribution in [0.1, 0.15) is 60.3 Å². The summed E-state index contributed by atoms with van der Waals surface area (Å²) in [5.41, 5.74) is 14.4. The highest BCUT2D eigenvalue weighted by atomic mass is 16.3. The number of rotatable bonds is 9. The van der Waals surface area contributed by atoms with Gasteiger partial charge in [-0.15, -0.1) is 0 Å². The summed E-state index contributed by atoms with van der Waals surface area (Å²) in [4.78, 5) is 10.4. The molecule has 0 unspecified atom stereocenters. The first kappa shape index (κ1) is 34.0. The predicted octanol–water partition coefficient (Wildman–Crippen LogP) is 14.7. The first-order valence-corrected chi connectivity index (χ1v) is 20.3. The Morgan fingerprint density at radius 2 is 1.15 bits per heavy atom. The van der Waals surface area contributed by atoms with Gasteiger partial charge in [-0.2, -0.15) is 0 Å². The Bertz CT molecular complexity index is 3060. The van der Waals surface area contributed by atoms with Crippen molar-refractivity contribution in [1.82, 2.24) is 14.5 Å². The van der Waals surface area contributed by atoms with Gasteiger partial charge in [-0.1, -0.05) is 143 Å². The molecule has 2 heterocycles. The quantitative estimate of drug-likeness (QED) is 0.159. The molecule has 2 aromatic heterocycles. The average molecular weight is 769 g/mol. The summed E-state index contributed by atoms with van der Waals surface area (Å²) in [6.45, 7) is 6.07. The number of phenols is 1. The van der Waals surface area contributed by atoms with Gasteiger partial charge in [-0.3, -0.25) is 9.55 Å². The highest BCUT2D eigenvalue weighted by Crippen LogP contribution is 2.43. The molecule has 0 amide bonds. The molecule has 0 saturated carbocycles. The van der Waals surface area contributed by atoms with Crippen LogP contribution in [0.3, 0.4) is 0 Å². The Hall–Kier alpha value is -7.04. The Morgan fingerprint density at radius 3 is 1.80 bits per heavy atom.